The number of carbonyl (C=O) groups is 2. The van der Waals surface area contributed by atoms with Crippen molar-refractivity contribution in [2.24, 2.45) is 0 Å². The van der Waals surface area contributed by atoms with Crippen molar-refractivity contribution < 1.29 is 14.7 Å². The van der Waals surface area contributed by atoms with Crippen LogP contribution < -0.4 is 15.5 Å². The van der Waals surface area contributed by atoms with Crippen LogP contribution in [0.1, 0.15) is 50.3 Å². The highest BCUT2D eigenvalue weighted by atomic mass is 35.5. The summed E-state index contributed by atoms with van der Waals surface area (Å²) in [7, 11) is 0. The Morgan fingerprint density at radius 2 is 1.86 bits per heavy atom. The molecular weight excluding hydrogens is 396 g/mol. The lowest BCUT2D eigenvalue weighted by atomic mass is 9.98. The summed E-state index contributed by atoms with van der Waals surface area (Å²) in [4.78, 5) is 29.4. The first-order chi connectivity index (χ1) is 13.6. The second-order valence-electron chi connectivity index (χ2n) is 7.32. The zero-order chi connectivity index (χ0) is 21.8. The van der Waals surface area contributed by atoms with Crippen molar-refractivity contribution in [3.8, 4) is 12.1 Å². The van der Waals surface area contributed by atoms with Crippen LogP contribution in [0.3, 0.4) is 0 Å². The summed E-state index contributed by atoms with van der Waals surface area (Å²) in [6.45, 7) is 5.92. The SMILES string of the molecule is CCc1c(C#N)c(Cl)nc(N2CCC(NC(=O)C(C)(C)NC(=O)O)CC2)c1C#N. The standard InChI is InChI=1S/C19H23ClN6O3/c1-4-12-13(9-21)15(20)24-16(14(12)10-22)26-7-5-11(6-8-26)23-17(27)19(2,3)25-18(28)29/h11,25H,4-8H2,1-3H3,(H,23,27)(H,28,29). The number of nitrogens with one attached hydrogen (secondary N) is 2. The fourth-order valence-corrected chi connectivity index (χ4v) is 3.56. The quantitative estimate of drug-likeness (QED) is 0.622. The summed E-state index contributed by atoms with van der Waals surface area (Å²) in [5, 5.41) is 32.9. The Morgan fingerprint density at radius 3 is 2.34 bits per heavy atom. The normalized spacial score (nSPS) is 14.6. The van der Waals surface area contributed by atoms with E-state index in [4.69, 9.17) is 16.7 Å². The van der Waals surface area contributed by atoms with Gasteiger partial charge in [0.1, 0.15) is 28.6 Å². The van der Waals surface area contributed by atoms with E-state index in [-0.39, 0.29) is 16.8 Å². The van der Waals surface area contributed by atoms with Crippen LogP contribution in [0, 0.1) is 22.7 Å². The third-order valence-corrected chi connectivity index (χ3v) is 5.20. The topological polar surface area (TPSA) is 142 Å². The maximum atomic E-state index is 12.4. The summed E-state index contributed by atoms with van der Waals surface area (Å²) in [5.41, 5.74) is -0.0794. The maximum Gasteiger partial charge on any atom is 0.405 e. The second kappa shape index (κ2) is 8.97. The van der Waals surface area contributed by atoms with Crippen molar-refractivity contribution in [3.63, 3.8) is 0 Å². The van der Waals surface area contributed by atoms with Gasteiger partial charge >= 0.3 is 6.09 Å². The smallest absolute Gasteiger partial charge is 0.405 e. The Hall–Kier alpha value is -3.04. The van der Waals surface area contributed by atoms with Crippen LogP contribution in [-0.4, -0.2) is 46.8 Å². The zero-order valence-electron chi connectivity index (χ0n) is 16.5. The van der Waals surface area contributed by atoms with Gasteiger partial charge in [-0.15, -0.1) is 0 Å². The van der Waals surface area contributed by atoms with Gasteiger partial charge < -0.3 is 20.6 Å². The van der Waals surface area contributed by atoms with Gasteiger partial charge in [-0.2, -0.15) is 10.5 Å². The first kappa shape index (κ1) is 22.3. The molecule has 0 spiro atoms. The molecule has 29 heavy (non-hydrogen) atoms. The molecule has 0 aromatic carbocycles. The van der Waals surface area contributed by atoms with Crippen LogP contribution in [0.2, 0.25) is 5.15 Å². The fraction of sp³-hybridized carbons (Fsp3) is 0.526. The Balaban J connectivity index is 2.13. The van der Waals surface area contributed by atoms with Crippen LogP contribution in [0.15, 0.2) is 0 Å². The van der Waals surface area contributed by atoms with Gasteiger partial charge in [0.25, 0.3) is 0 Å². The van der Waals surface area contributed by atoms with Gasteiger partial charge in [0.05, 0.1) is 11.1 Å². The predicted octanol–water partition coefficient (Wildman–Crippen LogP) is 2.17. The van der Waals surface area contributed by atoms with E-state index in [2.05, 4.69) is 21.7 Å². The van der Waals surface area contributed by atoms with Crippen molar-refractivity contribution in [2.45, 2.75) is 51.6 Å². The molecule has 0 unspecified atom stereocenters. The number of nitrogens with zero attached hydrogens (tertiary/aromatic N) is 4. The van der Waals surface area contributed by atoms with Crippen LogP contribution >= 0.6 is 11.6 Å². The lowest BCUT2D eigenvalue weighted by Gasteiger charge is -2.35. The largest absolute Gasteiger partial charge is 0.465 e. The van der Waals surface area contributed by atoms with Crippen molar-refractivity contribution in [1.82, 2.24) is 15.6 Å². The number of nitriles is 2. The molecule has 2 heterocycles. The molecule has 1 aromatic rings. The van der Waals surface area contributed by atoms with Gasteiger partial charge in [0, 0.05) is 19.1 Å². The molecular formula is C19H23ClN6O3. The van der Waals surface area contributed by atoms with E-state index >= 15 is 0 Å². The molecule has 1 saturated heterocycles. The fourth-order valence-electron chi connectivity index (χ4n) is 3.33. The highest BCUT2D eigenvalue weighted by molar-refractivity contribution is 6.30. The van der Waals surface area contributed by atoms with Crippen molar-refractivity contribution in [3.05, 3.63) is 21.8 Å². The van der Waals surface area contributed by atoms with Crippen LogP contribution in [0.4, 0.5) is 10.6 Å². The van der Waals surface area contributed by atoms with Gasteiger partial charge in [0.2, 0.25) is 5.91 Å². The Morgan fingerprint density at radius 1 is 1.28 bits per heavy atom. The van der Waals surface area contributed by atoms with E-state index in [9.17, 15) is 20.1 Å². The van der Waals surface area contributed by atoms with Crippen molar-refractivity contribution in [1.29, 1.82) is 10.5 Å². The van der Waals surface area contributed by atoms with Gasteiger partial charge in [-0.05, 0) is 38.7 Å². The average Bonchev–Trinajstić information content (AvgIpc) is 2.66. The lowest BCUT2D eigenvalue weighted by Crippen LogP contribution is -2.57. The minimum Gasteiger partial charge on any atom is -0.465 e. The molecule has 2 rings (SSSR count). The predicted molar refractivity (Wildman–Crippen MR) is 107 cm³/mol. The first-order valence-electron chi connectivity index (χ1n) is 9.24. The van der Waals surface area contributed by atoms with Gasteiger partial charge in [-0.3, -0.25) is 4.79 Å². The van der Waals surface area contributed by atoms with Crippen LogP contribution in [0.25, 0.3) is 0 Å². The molecule has 1 fully saturated rings. The summed E-state index contributed by atoms with van der Waals surface area (Å²) < 4.78 is 0. The molecule has 0 saturated carbocycles. The number of carbonyl (C=O) groups excluding carboxylic acids is 1. The molecule has 2 amide bonds. The molecule has 154 valence electrons. The molecule has 0 atom stereocenters. The molecule has 1 aliphatic heterocycles. The number of hydrogen-bond donors (Lipinski definition) is 3. The number of rotatable bonds is 5. The van der Waals surface area contributed by atoms with Gasteiger partial charge in [-0.1, -0.05) is 18.5 Å². The number of carboxylic acid groups (broad SMARTS) is 1. The van der Waals surface area contributed by atoms with E-state index in [1.54, 1.807) is 0 Å². The van der Waals surface area contributed by atoms with Gasteiger partial charge in [0.15, 0.2) is 0 Å². The summed E-state index contributed by atoms with van der Waals surface area (Å²) in [6.07, 6.45) is 0.416. The molecule has 3 N–H and O–H groups in total. The molecule has 0 radical (unpaired) electrons. The number of aromatic nitrogens is 1. The van der Waals surface area contributed by atoms with E-state index < -0.39 is 17.5 Å². The highest BCUT2D eigenvalue weighted by Gasteiger charge is 2.32. The molecule has 0 bridgehead atoms. The Kier molecular flexibility index (Phi) is 6.89. The number of halogens is 1. The van der Waals surface area contributed by atoms with E-state index in [1.165, 1.54) is 13.8 Å². The molecule has 1 aromatic heterocycles. The number of anilines is 1. The van der Waals surface area contributed by atoms with Gasteiger partial charge in [-0.25, -0.2) is 9.78 Å². The third-order valence-electron chi connectivity index (χ3n) is 4.93. The number of amides is 2. The number of piperidine rings is 1. The molecule has 10 heteroatoms. The summed E-state index contributed by atoms with van der Waals surface area (Å²) >= 11 is 6.17. The molecule has 0 aliphatic carbocycles. The Bertz CT molecular complexity index is 895. The number of hydrogen-bond acceptors (Lipinski definition) is 6. The molecule has 1 aliphatic rings. The van der Waals surface area contributed by atoms with E-state index in [1.807, 2.05) is 17.9 Å². The number of pyridine rings is 1. The molecule has 9 nitrogen and oxygen atoms in total. The van der Waals surface area contributed by atoms with Crippen molar-refractivity contribution >= 4 is 29.4 Å². The summed E-state index contributed by atoms with van der Waals surface area (Å²) in [5.74, 6) is 0.0508. The average molecular weight is 419 g/mol. The van der Waals surface area contributed by atoms with Crippen LogP contribution in [-0.2, 0) is 11.2 Å². The minimum absolute atomic E-state index is 0.0790. The van der Waals surface area contributed by atoms with Crippen LogP contribution in [0.5, 0.6) is 0 Å². The second-order valence-corrected chi connectivity index (χ2v) is 7.68. The first-order valence-corrected chi connectivity index (χ1v) is 9.62. The van der Waals surface area contributed by atoms with Crippen molar-refractivity contribution in [2.75, 3.05) is 18.0 Å². The monoisotopic (exact) mass is 418 g/mol. The maximum absolute atomic E-state index is 12.4. The van der Waals surface area contributed by atoms with E-state index in [0.717, 1.165) is 0 Å². The zero-order valence-corrected chi connectivity index (χ0v) is 17.3. The highest BCUT2D eigenvalue weighted by Crippen LogP contribution is 2.30. The lowest BCUT2D eigenvalue weighted by molar-refractivity contribution is -0.127. The third kappa shape index (κ3) is 4.87. The van der Waals surface area contributed by atoms with E-state index in [0.29, 0.717) is 49.3 Å². The summed E-state index contributed by atoms with van der Waals surface area (Å²) in [6, 6.07) is 4.04. The minimum atomic E-state index is -1.26. The Labute approximate surface area is 174 Å².